The van der Waals surface area contributed by atoms with Crippen molar-refractivity contribution in [3.63, 3.8) is 0 Å². The number of hydrogen-bond acceptors (Lipinski definition) is 1. The molecule has 0 nitrogen and oxygen atoms in total. The van der Waals surface area contributed by atoms with Crippen LogP contribution in [0.25, 0.3) is 0 Å². The van der Waals surface area contributed by atoms with Crippen molar-refractivity contribution in [1.29, 1.82) is 0 Å². The SMILES string of the molecule is CC(C)c1ccc(C#CC2CCC2)c(SC(F)(F)F)c1. The molecule has 0 heterocycles. The molecule has 108 valence electrons. The summed E-state index contributed by atoms with van der Waals surface area (Å²) in [5, 5.41) is 0. The lowest BCUT2D eigenvalue weighted by Gasteiger charge is -2.18. The lowest BCUT2D eigenvalue weighted by molar-refractivity contribution is -0.0328. The number of halogens is 3. The molecule has 1 saturated carbocycles. The molecule has 2 rings (SSSR count). The summed E-state index contributed by atoms with van der Waals surface area (Å²) in [6.07, 6.45) is 3.31. The van der Waals surface area contributed by atoms with E-state index in [2.05, 4.69) is 11.8 Å². The Morgan fingerprint density at radius 3 is 2.45 bits per heavy atom. The van der Waals surface area contributed by atoms with E-state index >= 15 is 0 Å². The van der Waals surface area contributed by atoms with Gasteiger partial charge in [-0.15, -0.1) is 0 Å². The van der Waals surface area contributed by atoms with E-state index in [1.807, 2.05) is 19.9 Å². The zero-order valence-electron chi connectivity index (χ0n) is 11.6. The zero-order chi connectivity index (χ0) is 14.8. The van der Waals surface area contributed by atoms with Crippen molar-refractivity contribution in [2.24, 2.45) is 5.92 Å². The zero-order valence-corrected chi connectivity index (χ0v) is 12.4. The van der Waals surface area contributed by atoms with Crippen molar-refractivity contribution in [3.8, 4) is 11.8 Å². The van der Waals surface area contributed by atoms with Gasteiger partial charge < -0.3 is 0 Å². The second-order valence-electron chi connectivity index (χ2n) is 5.36. The van der Waals surface area contributed by atoms with Crippen molar-refractivity contribution >= 4 is 11.8 Å². The summed E-state index contributed by atoms with van der Waals surface area (Å²) < 4.78 is 37.9. The molecule has 0 radical (unpaired) electrons. The molecule has 4 heteroatoms. The Kier molecular flexibility index (Phi) is 4.70. The standard InChI is InChI=1S/C16H17F3S/c1-11(2)14-9-8-13(7-6-12-4-3-5-12)15(10-14)20-16(17,18)19/h8-12H,3-5H2,1-2H3. The van der Waals surface area contributed by atoms with Gasteiger partial charge >= 0.3 is 5.51 Å². The highest BCUT2D eigenvalue weighted by Gasteiger charge is 2.30. The molecule has 0 amide bonds. The first-order valence-corrected chi connectivity index (χ1v) is 7.58. The van der Waals surface area contributed by atoms with Gasteiger partial charge in [-0.3, -0.25) is 0 Å². The number of alkyl halides is 3. The lowest BCUT2D eigenvalue weighted by Crippen LogP contribution is -2.07. The van der Waals surface area contributed by atoms with Crippen molar-refractivity contribution < 1.29 is 13.2 Å². The van der Waals surface area contributed by atoms with Crippen LogP contribution in [0.1, 0.15) is 50.2 Å². The fraction of sp³-hybridized carbons (Fsp3) is 0.500. The van der Waals surface area contributed by atoms with Gasteiger partial charge in [0.1, 0.15) is 0 Å². The normalized spacial score (nSPS) is 15.7. The van der Waals surface area contributed by atoms with Crippen LogP contribution in [-0.2, 0) is 0 Å². The summed E-state index contributed by atoms with van der Waals surface area (Å²) in [5.74, 6) is 6.58. The van der Waals surface area contributed by atoms with E-state index in [4.69, 9.17) is 0 Å². The number of hydrogen-bond donors (Lipinski definition) is 0. The minimum Gasteiger partial charge on any atom is -0.160 e. The van der Waals surface area contributed by atoms with Crippen LogP contribution in [0, 0.1) is 17.8 Å². The lowest BCUT2D eigenvalue weighted by atomic mass is 9.86. The third kappa shape index (κ3) is 4.21. The summed E-state index contributed by atoms with van der Waals surface area (Å²) >= 11 is -0.0663. The fourth-order valence-electron chi connectivity index (χ4n) is 1.94. The molecule has 0 aromatic heterocycles. The maximum atomic E-state index is 12.6. The quantitative estimate of drug-likeness (QED) is 0.508. The molecule has 0 N–H and O–H groups in total. The van der Waals surface area contributed by atoms with Crippen LogP contribution in [-0.4, -0.2) is 5.51 Å². The van der Waals surface area contributed by atoms with Gasteiger partial charge in [-0.2, -0.15) is 13.2 Å². The van der Waals surface area contributed by atoms with Crippen LogP contribution in [0.15, 0.2) is 23.1 Å². The van der Waals surface area contributed by atoms with E-state index in [9.17, 15) is 13.2 Å². The van der Waals surface area contributed by atoms with Crippen LogP contribution in [0.3, 0.4) is 0 Å². The molecule has 0 saturated heterocycles. The first kappa shape index (κ1) is 15.3. The molecular weight excluding hydrogens is 281 g/mol. The smallest absolute Gasteiger partial charge is 0.160 e. The van der Waals surface area contributed by atoms with Gasteiger partial charge in [0.25, 0.3) is 0 Å². The topological polar surface area (TPSA) is 0 Å². The molecular formula is C16H17F3S. The van der Waals surface area contributed by atoms with Gasteiger partial charge in [-0.25, -0.2) is 0 Å². The molecule has 0 aliphatic heterocycles. The summed E-state index contributed by atoms with van der Waals surface area (Å²) in [6, 6.07) is 5.21. The Morgan fingerprint density at radius 2 is 1.95 bits per heavy atom. The van der Waals surface area contributed by atoms with Crippen molar-refractivity contribution in [3.05, 3.63) is 29.3 Å². The first-order valence-electron chi connectivity index (χ1n) is 6.76. The Bertz CT molecular complexity index is 531. The minimum atomic E-state index is -4.28. The molecule has 0 atom stereocenters. The highest BCUT2D eigenvalue weighted by Crippen LogP contribution is 2.39. The highest BCUT2D eigenvalue weighted by molar-refractivity contribution is 8.00. The van der Waals surface area contributed by atoms with Crippen LogP contribution >= 0.6 is 11.8 Å². The van der Waals surface area contributed by atoms with Gasteiger partial charge in [-0.1, -0.05) is 38.2 Å². The highest BCUT2D eigenvalue weighted by atomic mass is 32.2. The van der Waals surface area contributed by atoms with Crippen molar-refractivity contribution in [1.82, 2.24) is 0 Å². The molecule has 1 aliphatic rings. The van der Waals surface area contributed by atoms with E-state index in [0.29, 0.717) is 11.5 Å². The molecule has 0 unspecified atom stereocenters. The largest absolute Gasteiger partial charge is 0.446 e. The van der Waals surface area contributed by atoms with E-state index in [1.165, 1.54) is 6.42 Å². The third-order valence-electron chi connectivity index (χ3n) is 3.41. The molecule has 0 spiro atoms. The molecule has 1 fully saturated rings. The van der Waals surface area contributed by atoms with E-state index in [1.54, 1.807) is 12.1 Å². The van der Waals surface area contributed by atoms with Crippen LogP contribution in [0.5, 0.6) is 0 Å². The number of thioether (sulfide) groups is 1. The Hall–Kier alpha value is -1.08. The first-order chi connectivity index (χ1) is 9.35. The molecule has 0 bridgehead atoms. The summed E-state index contributed by atoms with van der Waals surface area (Å²) in [7, 11) is 0. The van der Waals surface area contributed by atoms with Gasteiger partial charge in [0.2, 0.25) is 0 Å². The van der Waals surface area contributed by atoms with Crippen molar-refractivity contribution in [2.45, 2.75) is 49.4 Å². The number of benzene rings is 1. The Morgan fingerprint density at radius 1 is 1.25 bits per heavy atom. The monoisotopic (exact) mass is 298 g/mol. The summed E-state index contributed by atoms with van der Waals surface area (Å²) in [5.41, 5.74) is -2.88. The summed E-state index contributed by atoms with van der Waals surface area (Å²) in [6.45, 7) is 3.94. The van der Waals surface area contributed by atoms with Gasteiger partial charge in [0.05, 0.1) is 0 Å². The van der Waals surface area contributed by atoms with E-state index < -0.39 is 5.51 Å². The van der Waals surface area contributed by atoms with E-state index in [0.717, 1.165) is 18.4 Å². The van der Waals surface area contributed by atoms with Crippen LogP contribution in [0.4, 0.5) is 13.2 Å². The molecule has 1 aromatic rings. The minimum absolute atomic E-state index is 0.0663. The van der Waals surface area contributed by atoms with E-state index in [-0.39, 0.29) is 22.6 Å². The summed E-state index contributed by atoms with van der Waals surface area (Å²) in [4.78, 5) is 0.218. The maximum absolute atomic E-state index is 12.6. The second-order valence-corrected chi connectivity index (χ2v) is 6.46. The predicted molar refractivity (Wildman–Crippen MR) is 76.7 cm³/mol. The predicted octanol–water partition coefficient (Wildman–Crippen LogP) is 5.57. The third-order valence-corrected chi connectivity index (χ3v) is 4.20. The fourth-order valence-corrected chi connectivity index (χ4v) is 2.62. The molecule has 20 heavy (non-hydrogen) atoms. The van der Waals surface area contributed by atoms with Gasteiger partial charge in [0.15, 0.2) is 0 Å². The Labute approximate surface area is 122 Å². The molecule has 1 aromatic carbocycles. The van der Waals surface area contributed by atoms with Crippen molar-refractivity contribution in [2.75, 3.05) is 0 Å². The average molecular weight is 298 g/mol. The maximum Gasteiger partial charge on any atom is 0.446 e. The average Bonchev–Trinajstić information content (AvgIpc) is 2.26. The van der Waals surface area contributed by atoms with Crippen LogP contribution < -0.4 is 0 Å². The Balaban J connectivity index is 2.30. The van der Waals surface area contributed by atoms with Crippen LogP contribution in [0.2, 0.25) is 0 Å². The molecule has 1 aliphatic carbocycles. The van der Waals surface area contributed by atoms with Gasteiger partial charge in [0, 0.05) is 16.4 Å². The van der Waals surface area contributed by atoms with Gasteiger partial charge in [-0.05, 0) is 48.2 Å². The number of rotatable bonds is 2. The second kappa shape index (κ2) is 6.13.